The summed E-state index contributed by atoms with van der Waals surface area (Å²) in [6.07, 6.45) is 1.52. The quantitative estimate of drug-likeness (QED) is 0.849. The van der Waals surface area contributed by atoms with Crippen molar-refractivity contribution in [2.24, 2.45) is 0 Å². The molecule has 0 aliphatic rings. The minimum absolute atomic E-state index is 0.0888. The Balaban J connectivity index is 1.95. The van der Waals surface area contributed by atoms with Crippen molar-refractivity contribution in [1.82, 2.24) is 5.32 Å². The Morgan fingerprint density at radius 3 is 2.76 bits per heavy atom. The van der Waals surface area contributed by atoms with Gasteiger partial charge >= 0.3 is 0 Å². The number of anilines is 1. The van der Waals surface area contributed by atoms with Crippen molar-refractivity contribution in [3.05, 3.63) is 48.4 Å². The Morgan fingerprint density at radius 1 is 1.29 bits per heavy atom. The van der Waals surface area contributed by atoms with Crippen molar-refractivity contribution in [1.29, 1.82) is 0 Å². The first kappa shape index (κ1) is 15.1. The summed E-state index contributed by atoms with van der Waals surface area (Å²) < 4.78 is 10.6. The number of benzene rings is 1. The second-order valence-corrected chi connectivity index (χ2v) is 4.99. The molecule has 0 saturated carbocycles. The fourth-order valence-electron chi connectivity index (χ4n) is 1.65. The molecule has 1 aromatic carbocycles. The van der Waals surface area contributed by atoms with Gasteiger partial charge in [-0.2, -0.15) is 0 Å². The maximum absolute atomic E-state index is 11.8. The molecule has 0 aliphatic carbocycles. The molecule has 0 atom stereocenters. The van der Waals surface area contributed by atoms with Crippen molar-refractivity contribution in [2.75, 3.05) is 5.32 Å². The molecule has 0 bridgehead atoms. The topological polar surface area (TPSA) is 63.5 Å². The standard InChI is InChI=1S/C15H16N2O3S/c1-10(2)20-12-6-3-5-11(9-12)16-15(21)17-14(18)13-7-4-8-19-13/h3-10H,1-2H3,(H2,16,17,18,21). The van der Waals surface area contributed by atoms with Crippen LogP contribution in [0.3, 0.4) is 0 Å². The van der Waals surface area contributed by atoms with Crippen LogP contribution in [0.5, 0.6) is 5.75 Å². The van der Waals surface area contributed by atoms with Crippen LogP contribution in [0.4, 0.5) is 5.69 Å². The third-order valence-corrected chi connectivity index (χ3v) is 2.64. The lowest BCUT2D eigenvalue weighted by molar-refractivity contribution is 0.0950. The van der Waals surface area contributed by atoms with Crippen LogP contribution in [0.1, 0.15) is 24.4 Å². The van der Waals surface area contributed by atoms with Gasteiger partial charge in [-0.15, -0.1) is 0 Å². The van der Waals surface area contributed by atoms with Gasteiger partial charge in [-0.1, -0.05) is 6.07 Å². The molecule has 2 N–H and O–H groups in total. The van der Waals surface area contributed by atoms with Gasteiger partial charge in [0.2, 0.25) is 0 Å². The second-order valence-electron chi connectivity index (χ2n) is 4.58. The summed E-state index contributed by atoms with van der Waals surface area (Å²) in [5.41, 5.74) is 0.734. The molecule has 21 heavy (non-hydrogen) atoms. The van der Waals surface area contributed by atoms with Gasteiger partial charge in [-0.25, -0.2) is 0 Å². The lowest BCUT2D eigenvalue weighted by atomic mass is 10.3. The fourth-order valence-corrected chi connectivity index (χ4v) is 1.86. The lowest BCUT2D eigenvalue weighted by Crippen LogP contribution is -2.33. The zero-order valence-corrected chi connectivity index (χ0v) is 12.6. The van der Waals surface area contributed by atoms with Crippen molar-refractivity contribution < 1.29 is 13.9 Å². The maximum Gasteiger partial charge on any atom is 0.293 e. The van der Waals surface area contributed by atoms with Crippen LogP contribution >= 0.6 is 12.2 Å². The summed E-state index contributed by atoms with van der Waals surface area (Å²) >= 11 is 5.09. The van der Waals surface area contributed by atoms with Gasteiger partial charge in [0.1, 0.15) is 5.75 Å². The van der Waals surface area contributed by atoms with Crippen molar-refractivity contribution in [3.8, 4) is 5.75 Å². The number of ether oxygens (including phenoxy) is 1. The number of carbonyl (C=O) groups excluding carboxylic acids is 1. The number of furan rings is 1. The van der Waals surface area contributed by atoms with Crippen molar-refractivity contribution >= 4 is 28.9 Å². The summed E-state index contributed by atoms with van der Waals surface area (Å²) in [6.45, 7) is 3.91. The highest BCUT2D eigenvalue weighted by Crippen LogP contribution is 2.18. The third-order valence-electron chi connectivity index (χ3n) is 2.44. The Bertz CT molecular complexity index is 624. The van der Waals surface area contributed by atoms with E-state index in [9.17, 15) is 4.79 Å². The highest BCUT2D eigenvalue weighted by Gasteiger charge is 2.10. The van der Waals surface area contributed by atoms with Gasteiger partial charge in [0.05, 0.1) is 12.4 Å². The van der Waals surface area contributed by atoms with E-state index >= 15 is 0 Å². The van der Waals surface area contributed by atoms with E-state index in [-0.39, 0.29) is 17.0 Å². The van der Waals surface area contributed by atoms with Crippen LogP contribution < -0.4 is 15.4 Å². The normalized spacial score (nSPS) is 10.2. The van der Waals surface area contributed by atoms with E-state index in [4.69, 9.17) is 21.4 Å². The van der Waals surface area contributed by atoms with Crippen LogP contribution in [0.2, 0.25) is 0 Å². The van der Waals surface area contributed by atoms with E-state index in [2.05, 4.69) is 10.6 Å². The van der Waals surface area contributed by atoms with Crippen LogP contribution in [0, 0.1) is 0 Å². The largest absolute Gasteiger partial charge is 0.491 e. The molecular formula is C15H16N2O3S. The molecule has 1 aromatic heterocycles. The van der Waals surface area contributed by atoms with Crippen LogP contribution in [-0.2, 0) is 0 Å². The zero-order valence-electron chi connectivity index (χ0n) is 11.8. The molecule has 2 rings (SSSR count). The summed E-state index contributed by atoms with van der Waals surface area (Å²) in [6, 6.07) is 10.5. The Kier molecular flexibility index (Phi) is 4.94. The van der Waals surface area contributed by atoms with E-state index in [1.165, 1.54) is 6.26 Å². The SMILES string of the molecule is CC(C)Oc1cccc(NC(=S)NC(=O)c2ccco2)c1. The molecule has 0 radical (unpaired) electrons. The molecule has 2 aromatic rings. The number of hydrogen-bond acceptors (Lipinski definition) is 4. The predicted octanol–water partition coefficient (Wildman–Crippen LogP) is 3.19. The third kappa shape index (κ3) is 4.61. The van der Waals surface area contributed by atoms with E-state index in [0.717, 1.165) is 11.4 Å². The van der Waals surface area contributed by atoms with Gasteiger partial charge in [0.15, 0.2) is 10.9 Å². The molecule has 0 fully saturated rings. The average Bonchev–Trinajstić information content (AvgIpc) is 2.91. The number of thiocarbonyl (C=S) groups is 1. The number of nitrogens with one attached hydrogen (secondary N) is 2. The minimum atomic E-state index is -0.396. The minimum Gasteiger partial charge on any atom is -0.491 e. The van der Waals surface area contributed by atoms with Gasteiger partial charge < -0.3 is 14.5 Å². The predicted molar refractivity (Wildman–Crippen MR) is 84.6 cm³/mol. The summed E-state index contributed by atoms with van der Waals surface area (Å²) in [4.78, 5) is 11.8. The van der Waals surface area contributed by atoms with Crippen molar-refractivity contribution in [2.45, 2.75) is 20.0 Å². The van der Waals surface area contributed by atoms with E-state index in [0.29, 0.717) is 0 Å². The van der Waals surface area contributed by atoms with Crippen LogP contribution in [0.15, 0.2) is 47.1 Å². The summed E-state index contributed by atoms with van der Waals surface area (Å²) in [5, 5.41) is 5.66. The molecule has 110 valence electrons. The average molecular weight is 304 g/mol. The Labute approximate surface area is 128 Å². The smallest absolute Gasteiger partial charge is 0.293 e. The highest BCUT2D eigenvalue weighted by atomic mass is 32.1. The number of hydrogen-bond donors (Lipinski definition) is 2. The van der Waals surface area contributed by atoms with E-state index < -0.39 is 5.91 Å². The molecule has 6 heteroatoms. The van der Waals surface area contributed by atoms with E-state index in [1.807, 2.05) is 38.1 Å². The maximum atomic E-state index is 11.8. The Hall–Kier alpha value is -2.34. The van der Waals surface area contributed by atoms with E-state index in [1.54, 1.807) is 12.1 Å². The molecule has 1 amide bonds. The van der Waals surface area contributed by atoms with Crippen molar-refractivity contribution in [3.63, 3.8) is 0 Å². The van der Waals surface area contributed by atoms with Crippen LogP contribution in [-0.4, -0.2) is 17.1 Å². The first-order valence-electron chi connectivity index (χ1n) is 6.47. The first-order chi connectivity index (χ1) is 10.0. The van der Waals surface area contributed by atoms with Gasteiger partial charge in [-0.05, 0) is 50.3 Å². The van der Waals surface area contributed by atoms with Crippen LogP contribution in [0.25, 0.3) is 0 Å². The second kappa shape index (κ2) is 6.90. The number of carbonyl (C=O) groups is 1. The summed E-state index contributed by atoms with van der Waals surface area (Å²) in [7, 11) is 0. The molecule has 0 saturated heterocycles. The van der Waals surface area contributed by atoms with Gasteiger partial charge in [-0.3, -0.25) is 10.1 Å². The molecule has 0 aliphatic heterocycles. The molecule has 0 unspecified atom stereocenters. The zero-order chi connectivity index (χ0) is 15.2. The Morgan fingerprint density at radius 2 is 2.10 bits per heavy atom. The van der Waals surface area contributed by atoms with Gasteiger partial charge in [0, 0.05) is 11.8 Å². The number of rotatable bonds is 4. The molecule has 0 spiro atoms. The fraction of sp³-hybridized carbons (Fsp3) is 0.200. The number of amides is 1. The van der Waals surface area contributed by atoms with Gasteiger partial charge in [0.25, 0.3) is 5.91 Å². The molecular weight excluding hydrogens is 288 g/mol. The molecule has 5 nitrogen and oxygen atoms in total. The monoisotopic (exact) mass is 304 g/mol. The molecule has 1 heterocycles. The highest BCUT2D eigenvalue weighted by molar-refractivity contribution is 7.80. The first-order valence-corrected chi connectivity index (χ1v) is 6.88. The lowest BCUT2D eigenvalue weighted by Gasteiger charge is -2.12. The summed E-state index contributed by atoms with van der Waals surface area (Å²) in [5.74, 6) is 0.540.